The summed E-state index contributed by atoms with van der Waals surface area (Å²) >= 11 is 0. The van der Waals surface area contributed by atoms with E-state index in [0.717, 1.165) is 43.8 Å². The standard InChI is InChI=1S/C16H21F3N2O/c1-12(14-4-6-15(7-5-14)16(17,18)19)20-8-3-9-21(11-10-20)13(2)22/h4-7,12H,3,8-11H2,1-2H3/t12-/m1/s1. The number of amides is 1. The number of hydrogen-bond donors (Lipinski definition) is 0. The molecular formula is C16H21F3N2O. The molecule has 0 bridgehead atoms. The number of carbonyl (C=O) groups excluding carboxylic acids is 1. The summed E-state index contributed by atoms with van der Waals surface area (Å²) < 4.78 is 37.8. The van der Waals surface area contributed by atoms with Crippen LogP contribution in [-0.4, -0.2) is 41.9 Å². The molecule has 6 heteroatoms. The summed E-state index contributed by atoms with van der Waals surface area (Å²) in [6, 6.07) is 5.38. The molecule has 22 heavy (non-hydrogen) atoms. The summed E-state index contributed by atoms with van der Waals surface area (Å²) in [4.78, 5) is 15.5. The Morgan fingerprint density at radius 1 is 1.09 bits per heavy atom. The number of hydrogen-bond acceptors (Lipinski definition) is 2. The van der Waals surface area contributed by atoms with Crippen LogP contribution in [-0.2, 0) is 11.0 Å². The van der Waals surface area contributed by atoms with Gasteiger partial charge in [0.05, 0.1) is 5.56 Å². The van der Waals surface area contributed by atoms with Gasteiger partial charge in [-0.3, -0.25) is 9.69 Å². The Hall–Kier alpha value is -1.56. The maximum Gasteiger partial charge on any atom is 0.416 e. The fraction of sp³-hybridized carbons (Fsp3) is 0.562. The molecule has 0 N–H and O–H groups in total. The van der Waals surface area contributed by atoms with E-state index < -0.39 is 11.7 Å². The molecule has 0 radical (unpaired) electrons. The average Bonchev–Trinajstić information content (AvgIpc) is 2.71. The smallest absolute Gasteiger partial charge is 0.342 e. The first-order valence-corrected chi connectivity index (χ1v) is 7.46. The van der Waals surface area contributed by atoms with Crippen LogP contribution < -0.4 is 0 Å². The second kappa shape index (κ2) is 6.69. The molecule has 1 amide bonds. The predicted molar refractivity (Wildman–Crippen MR) is 78.3 cm³/mol. The lowest BCUT2D eigenvalue weighted by Gasteiger charge is -2.28. The molecule has 1 aliphatic heterocycles. The van der Waals surface area contributed by atoms with Crippen LogP contribution in [0.4, 0.5) is 13.2 Å². The topological polar surface area (TPSA) is 23.6 Å². The second-order valence-corrected chi connectivity index (χ2v) is 5.69. The highest BCUT2D eigenvalue weighted by Crippen LogP contribution is 2.31. The van der Waals surface area contributed by atoms with Crippen molar-refractivity contribution in [3.8, 4) is 0 Å². The van der Waals surface area contributed by atoms with Crippen LogP contribution in [0.15, 0.2) is 24.3 Å². The van der Waals surface area contributed by atoms with Crippen molar-refractivity contribution in [2.45, 2.75) is 32.5 Å². The summed E-state index contributed by atoms with van der Waals surface area (Å²) in [5.74, 6) is 0.0732. The quantitative estimate of drug-likeness (QED) is 0.836. The van der Waals surface area contributed by atoms with Gasteiger partial charge in [0.15, 0.2) is 0 Å². The maximum absolute atomic E-state index is 12.6. The molecule has 0 spiro atoms. The SMILES string of the molecule is CC(=O)N1CCCN([C@H](C)c2ccc(C(F)(F)F)cc2)CC1. The van der Waals surface area contributed by atoms with Crippen molar-refractivity contribution in [1.82, 2.24) is 9.80 Å². The third-order valence-electron chi connectivity index (χ3n) is 4.24. The fourth-order valence-electron chi connectivity index (χ4n) is 2.80. The largest absolute Gasteiger partial charge is 0.416 e. The van der Waals surface area contributed by atoms with Gasteiger partial charge in [-0.1, -0.05) is 12.1 Å². The fourth-order valence-corrected chi connectivity index (χ4v) is 2.80. The molecular weight excluding hydrogens is 293 g/mol. The molecule has 0 aromatic heterocycles. The van der Waals surface area contributed by atoms with Crippen LogP contribution >= 0.6 is 0 Å². The van der Waals surface area contributed by atoms with Crippen LogP contribution in [0.3, 0.4) is 0 Å². The lowest BCUT2D eigenvalue weighted by molar-refractivity contribution is -0.137. The summed E-state index contributed by atoms with van der Waals surface area (Å²) in [5, 5.41) is 0. The van der Waals surface area contributed by atoms with Crippen molar-refractivity contribution in [3.05, 3.63) is 35.4 Å². The summed E-state index contributed by atoms with van der Waals surface area (Å²) in [6.07, 6.45) is -3.42. The van der Waals surface area contributed by atoms with Gasteiger partial charge < -0.3 is 4.90 Å². The molecule has 3 nitrogen and oxygen atoms in total. The summed E-state index contributed by atoms with van der Waals surface area (Å²) in [7, 11) is 0. The van der Waals surface area contributed by atoms with Crippen LogP contribution in [0.1, 0.15) is 37.4 Å². The minimum Gasteiger partial charge on any atom is -0.342 e. The lowest BCUT2D eigenvalue weighted by atomic mass is 10.0. The highest BCUT2D eigenvalue weighted by atomic mass is 19.4. The van der Waals surface area contributed by atoms with Crippen LogP contribution in [0.5, 0.6) is 0 Å². The molecule has 122 valence electrons. The minimum atomic E-state index is -4.30. The Morgan fingerprint density at radius 3 is 2.27 bits per heavy atom. The summed E-state index contributed by atoms with van der Waals surface area (Å²) in [5.41, 5.74) is 0.242. The normalized spacial score (nSPS) is 18.9. The van der Waals surface area contributed by atoms with E-state index in [1.165, 1.54) is 0 Å². The molecule has 0 unspecified atom stereocenters. The van der Waals surface area contributed by atoms with E-state index >= 15 is 0 Å². The Labute approximate surface area is 128 Å². The van der Waals surface area contributed by atoms with Gasteiger partial charge in [0.1, 0.15) is 0 Å². The van der Waals surface area contributed by atoms with Gasteiger partial charge in [0, 0.05) is 39.1 Å². The molecule has 1 heterocycles. The molecule has 1 aromatic rings. The molecule has 1 aliphatic rings. The van der Waals surface area contributed by atoms with Crippen LogP contribution in [0.25, 0.3) is 0 Å². The van der Waals surface area contributed by atoms with Gasteiger partial charge in [-0.05, 0) is 31.0 Å². The molecule has 1 aromatic carbocycles. The third-order valence-corrected chi connectivity index (χ3v) is 4.24. The number of benzene rings is 1. The van der Waals surface area contributed by atoms with Crippen molar-refractivity contribution in [2.24, 2.45) is 0 Å². The zero-order valence-corrected chi connectivity index (χ0v) is 12.9. The minimum absolute atomic E-state index is 0.0363. The van der Waals surface area contributed by atoms with E-state index in [0.29, 0.717) is 6.54 Å². The molecule has 1 fully saturated rings. The third kappa shape index (κ3) is 4.00. The zero-order chi connectivity index (χ0) is 16.3. The molecule has 1 saturated heterocycles. The second-order valence-electron chi connectivity index (χ2n) is 5.69. The zero-order valence-electron chi connectivity index (χ0n) is 12.9. The Kier molecular flexibility index (Phi) is 5.11. The van der Waals surface area contributed by atoms with E-state index in [1.54, 1.807) is 19.1 Å². The number of carbonyl (C=O) groups is 1. The van der Waals surface area contributed by atoms with Crippen LogP contribution in [0.2, 0.25) is 0 Å². The van der Waals surface area contributed by atoms with Crippen molar-refractivity contribution in [2.75, 3.05) is 26.2 Å². The van der Waals surface area contributed by atoms with Gasteiger partial charge in [-0.2, -0.15) is 13.2 Å². The Balaban J connectivity index is 2.05. The highest BCUT2D eigenvalue weighted by molar-refractivity contribution is 5.73. The first-order valence-electron chi connectivity index (χ1n) is 7.46. The van der Waals surface area contributed by atoms with E-state index in [1.807, 2.05) is 11.8 Å². The molecule has 1 atom stereocenters. The van der Waals surface area contributed by atoms with Crippen molar-refractivity contribution >= 4 is 5.91 Å². The van der Waals surface area contributed by atoms with Crippen molar-refractivity contribution < 1.29 is 18.0 Å². The Morgan fingerprint density at radius 2 is 1.73 bits per heavy atom. The molecule has 0 saturated carbocycles. The van der Waals surface area contributed by atoms with Crippen molar-refractivity contribution in [3.63, 3.8) is 0 Å². The van der Waals surface area contributed by atoms with E-state index in [2.05, 4.69) is 4.90 Å². The summed E-state index contributed by atoms with van der Waals surface area (Å²) in [6.45, 7) is 6.54. The van der Waals surface area contributed by atoms with Crippen molar-refractivity contribution in [1.29, 1.82) is 0 Å². The average molecular weight is 314 g/mol. The van der Waals surface area contributed by atoms with Gasteiger partial charge >= 0.3 is 6.18 Å². The van der Waals surface area contributed by atoms with Gasteiger partial charge in [0.25, 0.3) is 0 Å². The van der Waals surface area contributed by atoms with E-state index in [-0.39, 0.29) is 11.9 Å². The molecule has 0 aliphatic carbocycles. The highest BCUT2D eigenvalue weighted by Gasteiger charge is 2.30. The first kappa shape index (κ1) is 16.8. The van der Waals surface area contributed by atoms with E-state index in [9.17, 15) is 18.0 Å². The molecule has 2 rings (SSSR count). The lowest BCUT2D eigenvalue weighted by Crippen LogP contribution is -2.34. The van der Waals surface area contributed by atoms with Gasteiger partial charge in [0.2, 0.25) is 5.91 Å². The van der Waals surface area contributed by atoms with Gasteiger partial charge in [-0.25, -0.2) is 0 Å². The predicted octanol–water partition coefficient (Wildman–Crippen LogP) is 3.32. The van der Waals surface area contributed by atoms with Gasteiger partial charge in [-0.15, -0.1) is 0 Å². The maximum atomic E-state index is 12.6. The Bertz CT molecular complexity index is 513. The van der Waals surface area contributed by atoms with Crippen LogP contribution in [0, 0.1) is 0 Å². The van der Waals surface area contributed by atoms with E-state index in [4.69, 9.17) is 0 Å². The number of nitrogens with zero attached hydrogens (tertiary/aromatic N) is 2. The first-order chi connectivity index (χ1) is 10.3. The number of halogens is 3. The number of alkyl halides is 3. The monoisotopic (exact) mass is 314 g/mol. The number of rotatable bonds is 2.